The molecule has 2 aliphatic rings. The topological polar surface area (TPSA) is 98.2 Å². The quantitative estimate of drug-likeness (QED) is 0.490. The Labute approximate surface area is 224 Å². The lowest BCUT2D eigenvalue weighted by atomic mass is 9.87. The standard InChI is InChI=1S/C25H25F7N2O5S/c26-17-5-8-20(9-6-17)40(38,39)34-18(13-22(36)33-11-1-2-19(33)14-35)7-3-15-12-16(4-10-21(15)34)23(37,24(27,28)29)25(30,31)32/h4-6,8-10,12,18-19,35,37H,1-3,7,11,13-14H2. The maximum Gasteiger partial charge on any atom is 0.430 e. The lowest BCUT2D eigenvalue weighted by Gasteiger charge is -2.39. The van der Waals surface area contributed by atoms with Crippen LogP contribution in [-0.2, 0) is 26.8 Å². The number of likely N-dealkylation sites (tertiary alicyclic amines) is 1. The molecule has 0 aromatic heterocycles. The number of fused-ring (bicyclic) bond motifs is 1. The summed E-state index contributed by atoms with van der Waals surface area (Å²) in [5.74, 6) is -1.23. The molecule has 4 rings (SSSR count). The molecule has 2 unspecified atom stereocenters. The van der Waals surface area contributed by atoms with E-state index in [2.05, 4.69) is 0 Å². The molecule has 2 aromatic carbocycles. The second-order valence-electron chi connectivity index (χ2n) is 9.77. The van der Waals surface area contributed by atoms with E-state index >= 15 is 0 Å². The largest absolute Gasteiger partial charge is 0.430 e. The third kappa shape index (κ3) is 5.14. The highest BCUT2D eigenvalue weighted by Crippen LogP contribution is 2.51. The molecular weight excluding hydrogens is 573 g/mol. The van der Waals surface area contributed by atoms with Gasteiger partial charge in [0.2, 0.25) is 5.91 Å². The molecule has 1 fully saturated rings. The number of amides is 1. The number of aliphatic hydroxyl groups is 2. The van der Waals surface area contributed by atoms with Gasteiger partial charge < -0.3 is 15.1 Å². The maximum absolute atomic E-state index is 13.7. The predicted molar refractivity (Wildman–Crippen MR) is 127 cm³/mol. The molecule has 0 bridgehead atoms. The number of hydrogen-bond donors (Lipinski definition) is 2. The summed E-state index contributed by atoms with van der Waals surface area (Å²) >= 11 is 0. The normalized spacial score (nSPS) is 20.5. The van der Waals surface area contributed by atoms with Gasteiger partial charge in [0.15, 0.2) is 0 Å². The van der Waals surface area contributed by atoms with Crippen molar-refractivity contribution in [3.8, 4) is 0 Å². The van der Waals surface area contributed by atoms with Gasteiger partial charge in [-0.2, -0.15) is 26.3 Å². The van der Waals surface area contributed by atoms with Crippen LogP contribution in [0.5, 0.6) is 0 Å². The van der Waals surface area contributed by atoms with Gasteiger partial charge in [0.25, 0.3) is 15.6 Å². The molecule has 1 saturated heterocycles. The van der Waals surface area contributed by atoms with E-state index in [1.54, 1.807) is 0 Å². The summed E-state index contributed by atoms with van der Waals surface area (Å²) in [6.45, 7) is 0.0236. The highest BCUT2D eigenvalue weighted by atomic mass is 32.2. The first-order chi connectivity index (χ1) is 18.5. The molecule has 15 heteroatoms. The summed E-state index contributed by atoms with van der Waals surface area (Å²) in [5.41, 5.74) is -7.25. The molecule has 2 aliphatic heterocycles. The van der Waals surface area contributed by atoms with Crippen molar-refractivity contribution in [3.05, 3.63) is 59.4 Å². The SMILES string of the molecule is O=C(CC1CCc2cc(C(O)(C(F)(F)F)C(F)(F)F)ccc2N1S(=O)(=O)c1ccc(F)cc1)N1CCCC1CO. The van der Waals surface area contributed by atoms with Gasteiger partial charge in [-0.1, -0.05) is 12.1 Å². The monoisotopic (exact) mass is 598 g/mol. The van der Waals surface area contributed by atoms with Crippen molar-refractivity contribution in [1.29, 1.82) is 0 Å². The van der Waals surface area contributed by atoms with Crippen molar-refractivity contribution in [2.45, 2.75) is 67.0 Å². The molecule has 7 nitrogen and oxygen atoms in total. The van der Waals surface area contributed by atoms with Crippen molar-refractivity contribution in [1.82, 2.24) is 4.90 Å². The molecular formula is C25H25F7N2O5S. The number of aliphatic hydroxyl groups excluding tert-OH is 1. The lowest BCUT2D eigenvalue weighted by Crippen LogP contribution is -2.54. The summed E-state index contributed by atoms with van der Waals surface area (Å²) in [6.07, 6.45) is -11.9. The van der Waals surface area contributed by atoms with Crippen LogP contribution < -0.4 is 4.31 Å². The van der Waals surface area contributed by atoms with E-state index in [-0.39, 0.29) is 37.1 Å². The zero-order valence-corrected chi connectivity index (χ0v) is 21.5. The van der Waals surface area contributed by atoms with Gasteiger partial charge in [0.1, 0.15) is 5.82 Å². The van der Waals surface area contributed by atoms with Crippen LogP contribution in [0.4, 0.5) is 36.4 Å². The number of sulfonamides is 1. The van der Waals surface area contributed by atoms with Crippen LogP contribution in [0.2, 0.25) is 0 Å². The van der Waals surface area contributed by atoms with Crippen molar-refractivity contribution in [2.24, 2.45) is 0 Å². The average Bonchev–Trinajstić information content (AvgIpc) is 3.36. The number of halogens is 7. The van der Waals surface area contributed by atoms with E-state index in [0.29, 0.717) is 31.5 Å². The molecule has 220 valence electrons. The molecule has 2 atom stereocenters. The first kappa shape index (κ1) is 30.1. The van der Waals surface area contributed by atoms with E-state index in [0.717, 1.165) is 34.6 Å². The first-order valence-corrected chi connectivity index (χ1v) is 13.7. The molecule has 0 saturated carbocycles. The lowest BCUT2D eigenvalue weighted by molar-refractivity contribution is -0.376. The zero-order valence-electron chi connectivity index (χ0n) is 20.7. The maximum atomic E-state index is 13.7. The smallest absolute Gasteiger partial charge is 0.394 e. The Balaban J connectivity index is 1.81. The van der Waals surface area contributed by atoms with Gasteiger partial charge >= 0.3 is 12.4 Å². The fraction of sp³-hybridized carbons (Fsp3) is 0.480. The van der Waals surface area contributed by atoms with Crippen molar-refractivity contribution in [3.63, 3.8) is 0 Å². The zero-order chi connectivity index (χ0) is 29.7. The Bertz CT molecular complexity index is 1350. The summed E-state index contributed by atoms with van der Waals surface area (Å²) in [4.78, 5) is 14.1. The predicted octanol–water partition coefficient (Wildman–Crippen LogP) is 4.02. The number of aryl methyl sites for hydroxylation is 1. The number of rotatable bonds is 6. The van der Waals surface area contributed by atoms with Crippen LogP contribution in [0.1, 0.15) is 36.8 Å². The van der Waals surface area contributed by atoms with Gasteiger partial charge in [0, 0.05) is 18.5 Å². The van der Waals surface area contributed by atoms with Crippen LogP contribution in [-0.4, -0.2) is 67.0 Å². The molecule has 0 radical (unpaired) electrons. The number of carbonyl (C=O) groups is 1. The van der Waals surface area contributed by atoms with Crippen LogP contribution in [0, 0.1) is 5.82 Å². The second-order valence-corrected chi connectivity index (χ2v) is 11.6. The summed E-state index contributed by atoms with van der Waals surface area (Å²) in [7, 11) is -4.60. The summed E-state index contributed by atoms with van der Waals surface area (Å²) < 4.78 is 123. The Morgan fingerprint density at radius 3 is 2.15 bits per heavy atom. The van der Waals surface area contributed by atoms with Crippen LogP contribution >= 0.6 is 0 Å². The second kappa shape index (κ2) is 10.5. The Morgan fingerprint density at radius 1 is 0.950 bits per heavy atom. The third-order valence-electron chi connectivity index (χ3n) is 7.32. The molecule has 2 aromatic rings. The Morgan fingerprint density at radius 2 is 1.57 bits per heavy atom. The highest BCUT2D eigenvalue weighted by molar-refractivity contribution is 7.92. The van der Waals surface area contributed by atoms with E-state index < -0.39 is 62.2 Å². The number of nitrogens with zero attached hydrogens (tertiary/aromatic N) is 2. The van der Waals surface area contributed by atoms with E-state index in [4.69, 9.17) is 0 Å². The molecule has 2 N–H and O–H groups in total. The molecule has 2 heterocycles. The molecule has 40 heavy (non-hydrogen) atoms. The van der Waals surface area contributed by atoms with Crippen molar-refractivity contribution in [2.75, 3.05) is 17.5 Å². The summed E-state index contributed by atoms with van der Waals surface area (Å²) in [6, 6.07) is 3.61. The number of hydrogen-bond acceptors (Lipinski definition) is 5. The van der Waals surface area contributed by atoms with E-state index in [1.807, 2.05) is 0 Å². The Hall–Kier alpha value is -2.91. The number of benzene rings is 2. The van der Waals surface area contributed by atoms with E-state index in [1.165, 1.54) is 4.90 Å². The van der Waals surface area contributed by atoms with Crippen LogP contribution in [0.25, 0.3) is 0 Å². The van der Waals surface area contributed by atoms with E-state index in [9.17, 15) is 54.2 Å². The number of carbonyl (C=O) groups excluding carboxylic acids is 1. The fourth-order valence-corrected chi connectivity index (χ4v) is 6.97. The molecule has 1 amide bonds. The van der Waals surface area contributed by atoms with Gasteiger partial charge in [-0.15, -0.1) is 0 Å². The Kier molecular flexibility index (Phi) is 7.88. The molecule has 0 aliphatic carbocycles. The molecule has 0 spiro atoms. The minimum Gasteiger partial charge on any atom is -0.394 e. The minimum absolute atomic E-state index is 0.156. The van der Waals surface area contributed by atoms with Gasteiger partial charge in [0.05, 0.1) is 29.3 Å². The van der Waals surface area contributed by atoms with Gasteiger partial charge in [-0.3, -0.25) is 9.10 Å². The summed E-state index contributed by atoms with van der Waals surface area (Å²) in [5, 5.41) is 19.4. The highest BCUT2D eigenvalue weighted by Gasteiger charge is 2.71. The number of alkyl halides is 6. The average molecular weight is 599 g/mol. The fourth-order valence-electron chi connectivity index (χ4n) is 5.25. The van der Waals surface area contributed by atoms with Crippen molar-refractivity contribution < 1.29 is 54.2 Å². The first-order valence-electron chi connectivity index (χ1n) is 12.2. The van der Waals surface area contributed by atoms with Crippen LogP contribution in [0.3, 0.4) is 0 Å². The van der Waals surface area contributed by atoms with Crippen LogP contribution in [0.15, 0.2) is 47.4 Å². The number of anilines is 1. The third-order valence-corrected chi connectivity index (χ3v) is 9.20. The van der Waals surface area contributed by atoms with Crippen molar-refractivity contribution >= 4 is 21.6 Å². The van der Waals surface area contributed by atoms with Gasteiger partial charge in [-0.05, 0) is 61.6 Å². The minimum atomic E-state index is -6.14. The van der Waals surface area contributed by atoms with Gasteiger partial charge in [-0.25, -0.2) is 12.8 Å².